The second kappa shape index (κ2) is 3.61. The first-order chi connectivity index (χ1) is 6.22. The molecule has 2 saturated heterocycles. The van der Waals surface area contributed by atoms with Gasteiger partial charge >= 0.3 is 0 Å². The van der Waals surface area contributed by atoms with E-state index in [1.54, 1.807) is 0 Å². The van der Waals surface area contributed by atoms with Crippen LogP contribution in [0.3, 0.4) is 0 Å². The van der Waals surface area contributed by atoms with E-state index in [0.717, 1.165) is 11.8 Å². The first-order valence-corrected chi connectivity index (χ1v) is 6.07. The van der Waals surface area contributed by atoms with Crippen LogP contribution in [-0.2, 0) is 0 Å². The SMILES string of the molecule is CC1CC[N+]2(CCCC2)CCC1C. The van der Waals surface area contributed by atoms with Crippen LogP contribution in [0.15, 0.2) is 0 Å². The summed E-state index contributed by atoms with van der Waals surface area (Å²) in [5.41, 5.74) is 0. The van der Waals surface area contributed by atoms with Gasteiger partial charge in [0.15, 0.2) is 0 Å². The highest BCUT2D eigenvalue weighted by atomic mass is 15.4. The van der Waals surface area contributed by atoms with E-state index >= 15 is 0 Å². The maximum Gasteiger partial charge on any atom is 0.0789 e. The minimum absolute atomic E-state index is 0.970. The van der Waals surface area contributed by atoms with Crippen molar-refractivity contribution in [1.82, 2.24) is 0 Å². The lowest BCUT2D eigenvalue weighted by Crippen LogP contribution is -2.45. The lowest BCUT2D eigenvalue weighted by Gasteiger charge is -2.33. The number of hydrogen-bond acceptors (Lipinski definition) is 0. The van der Waals surface area contributed by atoms with Crippen molar-refractivity contribution in [3.63, 3.8) is 0 Å². The molecule has 2 rings (SSSR count). The average Bonchev–Trinajstić information content (AvgIpc) is 2.54. The summed E-state index contributed by atoms with van der Waals surface area (Å²) in [6.45, 7) is 10.8. The molecule has 0 aromatic heterocycles. The third-order valence-corrected chi connectivity index (χ3v) is 4.60. The Morgan fingerprint density at radius 2 is 1.23 bits per heavy atom. The Morgan fingerprint density at radius 1 is 0.769 bits per heavy atom. The number of rotatable bonds is 0. The van der Waals surface area contributed by atoms with E-state index in [9.17, 15) is 0 Å². The second-order valence-corrected chi connectivity index (χ2v) is 5.48. The zero-order valence-electron chi connectivity index (χ0n) is 9.26. The molecule has 0 N–H and O–H groups in total. The van der Waals surface area contributed by atoms with Gasteiger partial charge in [0.25, 0.3) is 0 Å². The largest absolute Gasteiger partial charge is 0.324 e. The van der Waals surface area contributed by atoms with E-state index < -0.39 is 0 Å². The molecule has 2 unspecified atom stereocenters. The van der Waals surface area contributed by atoms with E-state index in [2.05, 4.69) is 13.8 Å². The number of hydrogen-bond donors (Lipinski definition) is 0. The van der Waals surface area contributed by atoms with Crippen molar-refractivity contribution in [2.45, 2.75) is 39.5 Å². The molecule has 0 amide bonds. The fraction of sp³-hybridized carbons (Fsp3) is 1.00. The van der Waals surface area contributed by atoms with E-state index in [-0.39, 0.29) is 0 Å². The molecule has 0 aromatic rings. The molecule has 2 fully saturated rings. The molecule has 1 heteroatoms. The van der Waals surface area contributed by atoms with Crippen LogP contribution in [0.2, 0.25) is 0 Å². The molecule has 0 aliphatic carbocycles. The van der Waals surface area contributed by atoms with Gasteiger partial charge in [-0.25, -0.2) is 0 Å². The fourth-order valence-corrected chi connectivity index (χ4v) is 3.09. The van der Waals surface area contributed by atoms with Crippen molar-refractivity contribution in [2.75, 3.05) is 26.2 Å². The van der Waals surface area contributed by atoms with Crippen LogP contribution in [0, 0.1) is 11.8 Å². The third-order valence-electron chi connectivity index (χ3n) is 4.60. The van der Waals surface area contributed by atoms with Crippen LogP contribution in [0.5, 0.6) is 0 Å². The summed E-state index contributed by atoms with van der Waals surface area (Å²) in [4.78, 5) is 0. The van der Waals surface area contributed by atoms with Crippen molar-refractivity contribution in [2.24, 2.45) is 11.8 Å². The van der Waals surface area contributed by atoms with Gasteiger partial charge in [-0.05, 0) is 24.7 Å². The second-order valence-electron chi connectivity index (χ2n) is 5.48. The van der Waals surface area contributed by atoms with Crippen molar-refractivity contribution in [1.29, 1.82) is 0 Å². The zero-order chi connectivity index (χ0) is 9.31. The predicted octanol–water partition coefficient (Wildman–Crippen LogP) is 2.66. The van der Waals surface area contributed by atoms with Crippen LogP contribution >= 0.6 is 0 Å². The third kappa shape index (κ3) is 1.90. The molecule has 0 saturated carbocycles. The van der Waals surface area contributed by atoms with Gasteiger partial charge in [-0.2, -0.15) is 0 Å². The molecule has 2 heterocycles. The summed E-state index contributed by atoms with van der Waals surface area (Å²) < 4.78 is 1.48. The molecule has 1 spiro atoms. The predicted molar refractivity (Wildman–Crippen MR) is 56.5 cm³/mol. The highest BCUT2D eigenvalue weighted by Crippen LogP contribution is 2.30. The minimum Gasteiger partial charge on any atom is -0.324 e. The number of quaternary nitrogens is 1. The summed E-state index contributed by atoms with van der Waals surface area (Å²) in [7, 11) is 0. The Bertz CT molecular complexity index is 156. The van der Waals surface area contributed by atoms with Crippen molar-refractivity contribution < 1.29 is 4.48 Å². The molecule has 0 aromatic carbocycles. The molecule has 2 aliphatic rings. The van der Waals surface area contributed by atoms with Gasteiger partial charge in [-0.1, -0.05) is 13.8 Å². The monoisotopic (exact) mass is 182 g/mol. The minimum atomic E-state index is 0.970. The summed E-state index contributed by atoms with van der Waals surface area (Å²) in [5.74, 6) is 1.94. The molecule has 76 valence electrons. The Balaban J connectivity index is 2.00. The highest BCUT2D eigenvalue weighted by molar-refractivity contribution is 4.68. The van der Waals surface area contributed by atoms with Gasteiger partial charge in [0.05, 0.1) is 26.2 Å². The summed E-state index contributed by atoms with van der Waals surface area (Å²) in [6, 6.07) is 0. The average molecular weight is 182 g/mol. The summed E-state index contributed by atoms with van der Waals surface area (Å²) in [5, 5.41) is 0. The van der Waals surface area contributed by atoms with Crippen LogP contribution in [0.1, 0.15) is 39.5 Å². The normalized spacial score (nSPS) is 39.2. The van der Waals surface area contributed by atoms with Gasteiger partial charge in [-0.3, -0.25) is 0 Å². The molecule has 2 atom stereocenters. The van der Waals surface area contributed by atoms with Crippen LogP contribution in [0.4, 0.5) is 0 Å². The van der Waals surface area contributed by atoms with E-state index in [1.807, 2.05) is 0 Å². The Morgan fingerprint density at radius 3 is 1.69 bits per heavy atom. The van der Waals surface area contributed by atoms with Gasteiger partial charge in [0.2, 0.25) is 0 Å². The smallest absolute Gasteiger partial charge is 0.0789 e. The van der Waals surface area contributed by atoms with Crippen molar-refractivity contribution >= 4 is 0 Å². The van der Waals surface area contributed by atoms with Gasteiger partial charge in [0, 0.05) is 12.8 Å². The Hall–Kier alpha value is -0.0400. The molecular formula is C12H24N+. The molecule has 0 bridgehead atoms. The topological polar surface area (TPSA) is 0 Å². The fourth-order valence-electron chi connectivity index (χ4n) is 3.09. The Labute approximate surface area is 82.7 Å². The molecule has 2 aliphatic heterocycles. The van der Waals surface area contributed by atoms with Crippen LogP contribution < -0.4 is 0 Å². The lowest BCUT2D eigenvalue weighted by atomic mass is 9.92. The van der Waals surface area contributed by atoms with Gasteiger partial charge in [0.1, 0.15) is 0 Å². The number of nitrogens with zero attached hydrogens (tertiary/aromatic N) is 1. The summed E-state index contributed by atoms with van der Waals surface area (Å²) in [6.07, 6.45) is 5.92. The summed E-state index contributed by atoms with van der Waals surface area (Å²) >= 11 is 0. The van der Waals surface area contributed by atoms with E-state index in [1.165, 1.54) is 56.3 Å². The van der Waals surface area contributed by atoms with Gasteiger partial charge in [-0.15, -0.1) is 0 Å². The van der Waals surface area contributed by atoms with Crippen LogP contribution in [-0.4, -0.2) is 30.7 Å². The molecular weight excluding hydrogens is 158 g/mol. The first-order valence-electron chi connectivity index (χ1n) is 6.07. The molecule has 13 heavy (non-hydrogen) atoms. The standard InChI is InChI=1S/C12H24N/c1-11-5-9-13(7-3-4-8-13)10-6-12(11)2/h11-12H,3-10H2,1-2H3/q+1. The van der Waals surface area contributed by atoms with E-state index in [4.69, 9.17) is 0 Å². The first kappa shape index (κ1) is 9.51. The van der Waals surface area contributed by atoms with Crippen molar-refractivity contribution in [3.8, 4) is 0 Å². The van der Waals surface area contributed by atoms with Gasteiger partial charge < -0.3 is 4.48 Å². The van der Waals surface area contributed by atoms with E-state index in [0.29, 0.717) is 0 Å². The maximum atomic E-state index is 2.45. The molecule has 0 radical (unpaired) electrons. The quantitative estimate of drug-likeness (QED) is 0.505. The lowest BCUT2D eigenvalue weighted by molar-refractivity contribution is -0.916. The zero-order valence-corrected chi connectivity index (χ0v) is 9.26. The maximum absolute atomic E-state index is 2.45. The molecule has 1 nitrogen and oxygen atoms in total. The Kier molecular flexibility index (Phi) is 2.64. The highest BCUT2D eigenvalue weighted by Gasteiger charge is 2.35. The van der Waals surface area contributed by atoms with Crippen molar-refractivity contribution in [3.05, 3.63) is 0 Å². The van der Waals surface area contributed by atoms with Crippen LogP contribution in [0.25, 0.3) is 0 Å².